The van der Waals surface area contributed by atoms with E-state index < -0.39 is 0 Å². The van der Waals surface area contributed by atoms with Crippen LogP contribution in [-0.4, -0.2) is 14.8 Å². The number of thioether (sulfide) groups is 1. The molecule has 0 aliphatic rings. The second kappa shape index (κ2) is 5.14. The molecule has 4 nitrogen and oxygen atoms in total. The fourth-order valence-electron chi connectivity index (χ4n) is 1.34. The molecule has 5 heteroatoms. The van der Waals surface area contributed by atoms with Crippen LogP contribution in [0.2, 0.25) is 0 Å². The summed E-state index contributed by atoms with van der Waals surface area (Å²) in [6.45, 7) is 0.594. The molecule has 0 saturated heterocycles. The third-order valence-electron chi connectivity index (χ3n) is 2.30. The number of benzene rings is 1. The van der Waals surface area contributed by atoms with Crippen molar-refractivity contribution in [2.24, 2.45) is 12.8 Å². The van der Waals surface area contributed by atoms with Gasteiger partial charge < -0.3 is 5.73 Å². The second-order valence-electron chi connectivity index (χ2n) is 3.48. The number of aryl methyl sites for hydroxylation is 1. The van der Waals surface area contributed by atoms with E-state index in [0.29, 0.717) is 6.54 Å². The van der Waals surface area contributed by atoms with Gasteiger partial charge in [0.1, 0.15) is 6.33 Å². The summed E-state index contributed by atoms with van der Waals surface area (Å²) in [5, 5.41) is 4.96. The van der Waals surface area contributed by atoms with E-state index in [1.54, 1.807) is 22.8 Å². The van der Waals surface area contributed by atoms with Crippen LogP contribution in [0, 0.1) is 0 Å². The van der Waals surface area contributed by atoms with Crippen LogP contribution in [-0.2, 0) is 19.3 Å². The van der Waals surface area contributed by atoms with E-state index in [0.717, 1.165) is 16.5 Å². The Morgan fingerprint density at radius 1 is 1.25 bits per heavy atom. The Morgan fingerprint density at radius 3 is 2.50 bits per heavy atom. The van der Waals surface area contributed by atoms with Gasteiger partial charge in [-0.05, 0) is 11.1 Å². The maximum absolute atomic E-state index is 5.54. The lowest BCUT2D eigenvalue weighted by Crippen LogP contribution is -1.96. The number of hydrogen-bond donors (Lipinski definition) is 1. The molecule has 0 saturated carbocycles. The van der Waals surface area contributed by atoms with Gasteiger partial charge in [0.2, 0.25) is 0 Å². The minimum Gasteiger partial charge on any atom is -0.326 e. The highest BCUT2D eigenvalue weighted by molar-refractivity contribution is 7.98. The number of aromatic nitrogens is 3. The number of hydrogen-bond acceptors (Lipinski definition) is 4. The van der Waals surface area contributed by atoms with Gasteiger partial charge in [0.25, 0.3) is 0 Å². The average Bonchev–Trinajstić information content (AvgIpc) is 2.73. The summed E-state index contributed by atoms with van der Waals surface area (Å²) in [6, 6.07) is 8.33. The highest BCUT2D eigenvalue weighted by Gasteiger charge is 2.01. The molecule has 0 aliphatic heterocycles. The van der Waals surface area contributed by atoms with Crippen molar-refractivity contribution in [1.82, 2.24) is 14.8 Å². The van der Waals surface area contributed by atoms with E-state index in [1.807, 2.05) is 7.05 Å². The van der Waals surface area contributed by atoms with Crippen LogP contribution in [0.25, 0.3) is 0 Å². The van der Waals surface area contributed by atoms with Gasteiger partial charge in [0, 0.05) is 19.3 Å². The second-order valence-corrected chi connectivity index (χ2v) is 4.42. The topological polar surface area (TPSA) is 56.7 Å². The van der Waals surface area contributed by atoms with Crippen LogP contribution in [0.3, 0.4) is 0 Å². The molecule has 0 aliphatic carbocycles. The van der Waals surface area contributed by atoms with E-state index >= 15 is 0 Å². The fraction of sp³-hybridized carbons (Fsp3) is 0.273. The average molecular weight is 234 g/mol. The van der Waals surface area contributed by atoms with Crippen molar-refractivity contribution in [3.05, 3.63) is 41.7 Å². The molecule has 2 N–H and O–H groups in total. The van der Waals surface area contributed by atoms with E-state index in [4.69, 9.17) is 5.73 Å². The zero-order valence-electron chi connectivity index (χ0n) is 9.13. The zero-order chi connectivity index (χ0) is 11.4. The first-order valence-corrected chi connectivity index (χ1v) is 6.03. The van der Waals surface area contributed by atoms with Crippen LogP contribution < -0.4 is 5.73 Å². The monoisotopic (exact) mass is 234 g/mol. The SMILES string of the molecule is Cn1ncnc1SCc1ccc(CN)cc1. The van der Waals surface area contributed by atoms with Gasteiger partial charge in [-0.25, -0.2) is 9.67 Å². The minimum absolute atomic E-state index is 0.594. The molecule has 0 radical (unpaired) electrons. The minimum atomic E-state index is 0.594. The van der Waals surface area contributed by atoms with Crippen molar-refractivity contribution in [3.8, 4) is 0 Å². The standard InChI is InChI=1S/C11H14N4S/c1-15-11(13-8-14-15)16-7-10-4-2-9(6-12)3-5-10/h2-5,8H,6-7,12H2,1H3. The summed E-state index contributed by atoms with van der Waals surface area (Å²) in [5.74, 6) is 0.900. The summed E-state index contributed by atoms with van der Waals surface area (Å²) in [4.78, 5) is 4.16. The van der Waals surface area contributed by atoms with Crippen LogP contribution in [0.1, 0.15) is 11.1 Å². The molecule has 0 spiro atoms. The van der Waals surface area contributed by atoms with Crippen molar-refractivity contribution in [2.45, 2.75) is 17.5 Å². The third kappa shape index (κ3) is 2.62. The maximum atomic E-state index is 5.54. The molecule has 1 aromatic heterocycles. The Morgan fingerprint density at radius 2 is 1.94 bits per heavy atom. The Bertz CT molecular complexity index is 449. The fourth-order valence-corrected chi connectivity index (χ4v) is 2.18. The molecule has 1 aromatic carbocycles. The summed E-state index contributed by atoms with van der Waals surface area (Å²) in [7, 11) is 1.90. The molecular weight excluding hydrogens is 220 g/mol. The van der Waals surface area contributed by atoms with Crippen molar-refractivity contribution < 1.29 is 0 Å². The Hall–Kier alpha value is -1.33. The van der Waals surface area contributed by atoms with Crippen molar-refractivity contribution >= 4 is 11.8 Å². The molecule has 2 aromatic rings. The predicted molar refractivity (Wildman–Crippen MR) is 64.9 cm³/mol. The van der Waals surface area contributed by atoms with Gasteiger partial charge in [-0.3, -0.25) is 0 Å². The first-order chi connectivity index (χ1) is 7.79. The van der Waals surface area contributed by atoms with Crippen molar-refractivity contribution in [3.63, 3.8) is 0 Å². The van der Waals surface area contributed by atoms with Gasteiger partial charge in [-0.15, -0.1) is 0 Å². The molecule has 84 valence electrons. The number of nitrogens with two attached hydrogens (primary N) is 1. The van der Waals surface area contributed by atoms with Gasteiger partial charge in [-0.2, -0.15) is 5.10 Å². The van der Waals surface area contributed by atoms with Crippen LogP contribution in [0.4, 0.5) is 0 Å². The highest BCUT2D eigenvalue weighted by atomic mass is 32.2. The van der Waals surface area contributed by atoms with Gasteiger partial charge in [-0.1, -0.05) is 36.0 Å². The van der Waals surface area contributed by atoms with Crippen LogP contribution in [0.5, 0.6) is 0 Å². The van der Waals surface area contributed by atoms with E-state index in [-0.39, 0.29) is 0 Å². The number of rotatable bonds is 4. The van der Waals surface area contributed by atoms with E-state index in [1.165, 1.54) is 5.56 Å². The van der Waals surface area contributed by atoms with Crippen LogP contribution >= 0.6 is 11.8 Å². The number of nitrogens with zero attached hydrogens (tertiary/aromatic N) is 3. The predicted octanol–water partition coefficient (Wildman–Crippen LogP) is 1.57. The summed E-state index contributed by atoms with van der Waals surface area (Å²) in [5.41, 5.74) is 7.97. The van der Waals surface area contributed by atoms with E-state index in [9.17, 15) is 0 Å². The van der Waals surface area contributed by atoms with E-state index in [2.05, 4.69) is 34.3 Å². The smallest absolute Gasteiger partial charge is 0.186 e. The van der Waals surface area contributed by atoms with Crippen molar-refractivity contribution in [1.29, 1.82) is 0 Å². The molecule has 0 bridgehead atoms. The molecule has 0 atom stereocenters. The molecule has 16 heavy (non-hydrogen) atoms. The zero-order valence-corrected chi connectivity index (χ0v) is 9.94. The van der Waals surface area contributed by atoms with Crippen LogP contribution in [0.15, 0.2) is 35.7 Å². The van der Waals surface area contributed by atoms with Crippen molar-refractivity contribution in [2.75, 3.05) is 0 Å². The lowest BCUT2D eigenvalue weighted by Gasteiger charge is -2.02. The summed E-state index contributed by atoms with van der Waals surface area (Å²) in [6.07, 6.45) is 1.57. The Balaban J connectivity index is 1.97. The largest absolute Gasteiger partial charge is 0.326 e. The molecular formula is C11H14N4S. The molecule has 2 rings (SSSR count). The highest BCUT2D eigenvalue weighted by Crippen LogP contribution is 2.19. The normalized spacial score (nSPS) is 10.6. The van der Waals surface area contributed by atoms with Gasteiger partial charge >= 0.3 is 0 Å². The lowest BCUT2D eigenvalue weighted by molar-refractivity contribution is 0.685. The molecule has 0 fully saturated rings. The summed E-state index contributed by atoms with van der Waals surface area (Å²) < 4.78 is 1.78. The first kappa shape index (κ1) is 11.2. The van der Waals surface area contributed by atoms with Gasteiger partial charge in [0.15, 0.2) is 5.16 Å². The molecule has 0 amide bonds. The Kier molecular flexibility index (Phi) is 3.58. The molecule has 0 unspecified atom stereocenters. The lowest BCUT2D eigenvalue weighted by atomic mass is 10.1. The van der Waals surface area contributed by atoms with Gasteiger partial charge in [0.05, 0.1) is 0 Å². The summed E-state index contributed by atoms with van der Waals surface area (Å²) >= 11 is 1.68. The maximum Gasteiger partial charge on any atom is 0.186 e. The molecule has 1 heterocycles. The quantitative estimate of drug-likeness (QED) is 0.816. The third-order valence-corrected chi connectivity index (χ3v) is 3.40. The first-order valence-electron chi connectivity index (χ1n) is 5.04. The Labute approximate surface area is 98.9 Å².